The predicted molar refractivity (Wildman–Crippen MR) is 82.4 cm³/mol. The normalized spacial score (nSPS) is 17.1. The summed E-state index contributed by atoms with van der Waals surface area (Å²) in [6, 6.07) is 5.11. The molecule has 0 aliphatic carbocycles. The molecule has 3 rings (SSSR count). The summed E-state index contributed by atoms with van der Waals surface area (Å²) in [6.45, 7) is 0.156. The summed E-state index contributed by atoms with van der Waals surface area (Å²) in [6.07, 6.45) is 1.21. The first-order valence-electron chi connectivity index (χ1n) is 7.10. The molecular formula is C15H16N4O4. The van der Waals surface area contributed by atoms with E-state index in [2.05, 4.69) is 10.6 Å². The molecule has 2 aliphatic heterocycles. The van der Waals surface area contributed by atoms with E-state index >= 15 is 0 Å². The number of carbonyl (C=O) groups is 3. The molecule has 0 unspecified atom stereocenters. The Bertz CT molecular complexity index is 728. The van der Waals surface area contributed by atoms with Crippen LogP contribution in [-0.2, 0) is 16.1 Å². The van der Waals surface area contributed by atoms with Crippen molar-refractivity contribution in [1.82, 2.24) is 9.80 Å². The highest BCUT2D eigenvalue weighted by Gasteiger charge is 2.30. The highest BCUT2D eigenvalue weighted by atomic mass is 16.3. The molecule has 0 fully saturated rings. The molecule has 4 amide bonds. The Morgan fingerprint density at radius 1 is 1.30 bits per heavy atom. The first kappa shape index (κ1) is 15.0. The van der Waals surface area contributed by atoms with Crippen LogP contribution in [0.4, 0.5) is 16.2 Å². The quantitative estimate of drug-likeness (QED) is 0.694. The third kappa shape index (κ3) is 2.76. The molecule has 1 aromatic rings. The number of nitrogens with one attached hydrogen (secondary N) is 2. The van der Waals surface area contributed by atoms with Gasteiger partial charge in [0.05, 0.1) is 13.2 Å². The van der Waals surface area contributed by atoms with Gasteiger partial charge in [-0.2, -0.15) is 0 Å². The number of hydrogen-bond donors (Lipinski definition) is 3. The Balaban J connectivity index is 1.78. The van der Waals surface area contributed by atoms with Gasteiger partial charge in [-0.1, -0.05) is 0 Å². The fraction of sp³-hybridized carbons (Fsp3) is 0.267. The van der Waals surface area contributed by atoms with Gasteiger partial charge in [-0.15, -0.1) is 0 Å². The van der Waals surface area contributed by atoms with Gasteiger partial charge in [-0.25, -0.2) is 4.79 Å². The maximum atomic E-state index is 12.1. The van der Waals surface area contributed by atoms with E-state index in [1.54, 1.807) is 24.1 Å². The first-order chi connectivity index (χ1) is 11.0. The Morgan fingerprint density at radius 2 is 2.09 bits per heavy atom. The summed E-state index contributed by atoms with van der Waals surface area (Å²) in [7, 11) is 1.69. The van der Waals surface area contributed by atoms with Crippen molar-refractivity contribution >= 4 is 29.2 Å². The number of carbonyl (C=O) groups excluding carboxylic acids is 3. The van der Waals surface area contributed by atoms with E-state index in [4.69, 9.17) is 5.11 Å². The molecule has 0 radical (unpaired) electrons. The number of fused-ring (bicyclic) bond motifs is 1. The van der Waals surface area contributed by atoms with Crippen molar-refractivity contribution in [2.24, 2.45) is 0 Å². The minimum absolute atomic E-state index is 0.0274. The van der Waals surface area contributed by atoms with Crippen molar-refractivity contribution in [3.8, 4) is 0 Å². The van der Waals surface area contributed by atoms with Crippen LogP contribution in [0.2, 0.25) is 0 Å². The maximum absolute atomic E-state index is 12.1. The highest BCUT2D eigenvalue weighted by molar-refractivity contribution is 6.17. The minimum atomic E-state index is -0.466. The van der Waals surface area contributed by atoms with Gasteiger partial charge in [-0.05, 0) is 23.8 Å². The monoisotopic (exact) mass is 316 g/mol. The van der Waals surface area contributed by atoms with Gasteiger partial charge < -0.3 is 20.6 Å². The first-order valence-corrected chi connectivity index (χ1v) is 7.10. The summed E-state index contributed by atoms with van der Waals surface area (Å²) in [5, 5.41) is 14.6. The summed E-state index contributed by atoms with van der Waals surface area (Å²) in [4.78, 5) is 37.9. The number of benzene rings is 1. The number of aliphatic hydroxyl groups is 1. The van der Waals surface area contributed by atoms with Crippen LogP contribution in [0, 0.1) is 0 Å². The standard InChI is InChI=1S/C15H16N4O4/c1-18-8-9-6-10(2-3-11(9)17-15(18)23)16-12-7-13(21)19(4-5-20)14(12)22/h2-3,6-7,16,20H,4-5,8H2,1H3,(H,17,23). The van der Waals surface area contributed by atoms with Crippen LogP contribution in [-0.4, -0.2) is 53.0 Å². The molecule has 0 aromatic heterocycles. The molecule has 0 atom stereocenters. The van der Waals surface area contributed by atoms with Crippen LogP contribution in [0.15, 0.2) is 30.0 Å². The van der Waals surface area contributed by atoms with Gasteiger partial charge in [0, 0.05) is 31.0 Å². The van der Waals surface area contributed by atoms with Crippen molar-refractivity contribution < 1.29 is 19.5 Å². The number of nitrogens with zero attached hydrogens (tertiary/aromatic N) is 2. The second-order valence-corrected chi connectivity index (χ2v) is 5.36. The molecule has 8 nitrogen and oxygen atoms in total. The largest absolute Gasteiger partial charge is 0.395 e. The average Bonchev–Trinajstić information content (AvgIpc) is 2.77. The van der Waals surface area contributed by atoms with E-state index in [1.807, 2.05) is 6.07 Å². The number of amides is 4. The zero-order valence-electron chi connectivity index (χ0n) is 12.5. The lowest BCUT2D eigenvalue weighted by molar-refractivity contribution is -0.137. The molecule has 0 saturated heterocycles. The van der Waals surface area contributed by atoms with Crippen LogP contribution in [0.3, 0.4) is 0 Å². The third-order valence-corrected chi connectivity index (χ3v) is 3.71. The fourth-order valence-electron chi connectivity index (χ4n) is 2.53. The number of urea groups is 1. The average molecular weight is 316 g/mol. The van der Waals surface area contributed by atoms with Crippen molar-refractivity contribution in [1.29, 1.82) is 0 Å². The van der Waals surface area contributed by atoms with E-state index in [1.165, 1.54) is 6.08 Å². The molecule has 3 N–H and O–H groups in total. The number of β-amino-alcohol motifs (C(OH)–C–C–N with tert-alkyl or cyclic N) is 1. The number of imide groups is 1. The Hall–Kier alpha value is -2.87. The van der Waals surface area contributed by atoms with Gasteiger partial charge in [-0.3, -0.25) is 14.5 Å². The Morgan fingerprint density at radius 3 is 2.83 bits per heavy atom. The van der Waals surface area contributed by atoms with E-state index < -0.39 is 11.8 Å². The molecule has 1 aromatic carbocycles. The van der Waals surface area contributed by atoms with Crippen LogP contribution < -0.4 is 10.6 Å². The Kier molecular flexibility index (Phi) is 3.75. The third-order valence-electron chi connectivity index (χ3n) is 3.71. The lowest BCUT2D eigenvalue weighted by Gasteiger charge is -2.26. The lowest BCUT2D eigenvalue weighted by atomic mass is 10.1. The Labute approximate surface area is 132 Å². The zero-order chi connectivity index (χ0) is 16.6. The van der Waals surface area contributed by atoms with Gasteiger partial charge >= 0.3 is 6.03 Å². The lowest BCUT2D eigenvalue weighted by Crippen LogP contribution is -2.35. The van der Waals surface area contributed by atoms with Crippen LogP contribution in [0.5, 0.6) is 0 Å². The molecule has 120 valence electrons. The molecule has 0 bridgehead atoms. The van der Waals surface area contributed by atoms with Crippen molar-refractivity contribution in [2.45, 2.75) is 6.54 Å². The van der Waals surface area contributed by atoms with E-state index in [-0.39, 0.29) is 24.9 Å². The van der Waals surface area contributed by atoms with Crippen molar-refractivity contribution in [3.05, 3.63) is 35.5 Å². The molecule has 8 heteroatoms. The predicted octanol–water partition coefficient (Wildman–Crippen LogP) is 0.321. The van der Waals surface area contributed by atoms with Crippen LogP contribution in [0.25, 0.3) is 0 Å². The number of rotatable bonds is 4. The molecular weight excluding hydrogens is 300 g/mol. The molecule has 2 aliphatic rings. The van der Waals surface area contributed by atoms with Gasteiger partial charge in [0.1, 0.15) is 5.70 Å². The fourth-order valence-corrected chi connectivity index (χ4v) is 2.53. The minimum Gasteiger partial charge on any atom is -0.395 e. The number of anilines is 2. The van der Waals surface area contributed by atoms with Crippen molar-refractivity contribution in [2.75, 3.05) is 30.8 Å². The van der Waals surface area contributed by atoms with E-state index in [0.29, 0.717) is 12.2 Å². The smallest absolute Gasteiger partial charge is 0.321 e. The molecule has 23 heavy (non-hydrogen) atoms. The topological polar surface area (TPSA) is 102 Å². The molecule has 2 heterocycles. The number of hydrogen-bond acceptors (Lipinski definition) is 5. The van der Waals surface area contributed by atoms with E-state index in [0.717, 1.165) is 16.2 Å². The summed E-state index contributed by atoms with van der Waals surface area (Å²) >= 11 is 0. The molecule has 0 saturated carbocycles. The van der Waals surface area contributed by atoms with Gasteiger partial charge in [0.15, 0.2) is 0 Å². The zero-order valence-corrected chi connectivity index (χ0v) is 12.5. The second kappa shape index (κ2) is 5.73. The van der Waals surface area contributed by atoms with Crippen LogP contribution in [0.1, 0.15) is 5.56 Å². The SMILES string of the molecule is CN1Cc2cc(NC3=CC(=O)N(CCO)C3=O)ccc2NC1=O. The van der Waals surface area contributed by atoms with Crippen molar-refractivity contribution in [3.63, 3.8) is 0 Å². The van der Waals surface area contributed by atoms with Gasteiger partial charge in [0.25, 0.3) is 11.8 Å². The maximum Gasteiger partial charge on any atom is 0.321 e. The summed E-state index contributed by atoms with van der Waals surface area (Å²) in [5.74, 6) is -0.913. The molecule has 0 spiro atoms. The van der Waals surface area contributed by atoms with Gasteiger partial charge in [0.2, 0.25) is 0 Å². The second-order valence-electron chi connectivity index (χ2n) is 5.36. The summed E-state index contributed by atoms with van der Waals surface area (Å²) in [5.41, 5.74) is 2.44. The van der Waals surface area contributed by atoms with E-state index in [9.17, 15) is 14.4 Å². The van der Waals surface area contributed by atoms with Crippen LogP contribution >= 0.6 is 0 Å². The number of aliphatic hydroxyl groups excluding tert-OH is 1. The highest BCUT2D eigenvalue weighted by Crippen LogP contribution is 2.27. The summed E-state index contributed by atoms with van der Waals surface area (Å²) < 4.78 is 0.